The van der Waals surface area contributed by atoms with Crippen LogP contribution in [0.5, 0.6) is 0 Å². The lowest BCUT2D eigenvalue weighted by Crippen LogP contribution is -2.39. The minimum atomic E-state index is -0.237. The molecule has 0 saturated heterocycles. The summed E-state index contributed by atoms with van der Waals surface area (Å²) in [5.41, 5.74) is 5.15. The molecule has 4 nitrogen and oxygen atoms in total. The first-order valence-electron chi connectivity index (χ1n) is 3.29. The molecule has 0 bridgehead atoms. The van der Waals surface area contributed by atoms with E-state index in [1.807, 2.05) is 0 Å². The van der Waals surface area contributed by atoms with E-state index in [0.29, 0.717) is 6.54 Å². The fourth-order valence-electron chi connectivity index (χ4n) is 0.850. The van der Waals surface area contributed by atoms with Gasteiger partial charge >= 0.3 is 0 Å². The molecule has 0 aromatic rings. The van der Waals surface area contributed by atoms with Crippen LogP contribution < -0.4 is 11.1 Å². The Kier molecular flexibility index (Phi) is 2.53. The topological polar surface area (TPSA) is 67.5 Å². The Bertz CT molecular complexity index is 155. The molecule has 0 aromatic heterocycles. The van der Waals surface area contributed by atoms with E-state index in [1.54, 1.807) is 6.21 Å². The molecule has 0 spiro atoms. The molecule has 1 rings (SSSR count). The Hall–Kier alpha value is -0.740. The molecule has 1 aliphatic heterocycles. The Morgan fingerprint density at radius 1 is 1.90 bits per heavy atom. The van der Waals surface area contributed by atoms with Gasteiger partial charge in [0.25, 0.3) is 0 Å². The summed E-state index contributed by atoms with van der Waals surface area (Å²) >= 11 is 0. The van der Waals surface area contributed by atoms with Gasteiger partial charge in [-0.15, -0.1) is 0 Å². The van der Waals surface area contributed by atoms with Crippen molar-refractivity contribution in [1.29, 1.82) is 0 Å². The quantitative estimate of drug-likeness (QED) is 0.494. The minimum Gasteiger partial charge on any atom is -0.324 e. The molecule has 4 heteroatoms. The van der Waals surface area contributed by atoms with Crippen molar-refractivity contribution in [1.82, 2.24) is 5.32 Å². The number of Topliss-reactive ketones (excluding diaryl/α,β-unsaturated/α-hetero) is 1. The number of hydrogen-bond donors (Lipinski definition) is 2. The van der Waals surface area contributed by atoms with Crippen LogP contribution in [0.15, 0.2) is 4.99 Å². The van der Waals surface area contributed by atoms with Gasteiger partial charge in [-0.05, 0) is 0 Å². The zero-order valence-corrected chi connectivity index (χ0v) is 5.71. The van der Waals surface area contributed by atoms with Gasteiger partial charge in [0.2, 0.25) is 0 Å². The number of ketones is 1. The molecule has 0 aromatic carbocycles. The third kappa shape index (κ3) is 1.62. The van der Waals surface area contributed by atoms with Gasteiger partial charge in [0, 0.05) is 19.3 Å². The number of nitrogens with zero attached hydrogens (tertiary/aromatic N) is 1. The molecule has 0 radical (unpaired) electrons. The van der Waals surface area contributed by atoms with Crippen LogP contribution in [0.25, 0.3) is 0 Å². The van der Waals surface area contributed by atoms with Crippen LogP contribution in [-0.4, -0.2) is 37.7 Å². The standard InChI is InChI=1S/C6H11N3O/c7-3-6(10)5-4-8-1-2-9-5/h2,5,8H,1,3-4,7H2. The normalized spacial score (nSPS) is 24.7. The highest BCUT2D eigenvalue weighted by atomic mass is 16.1. The van der Waals surface area contributed by atoms with Gasteiger partial charge in [-0.1, -0.05) is 0 Å². The highest BCUT2D eigenvalue weighted by Crippen LogP contribution is 1.92. The van der Waals surface area contributed by atoms with Crippen LogP contribution in [-0.2, 0) is 4.79 Å². The number of carbonyl (C=O) groups is 1. The van der Waals surface area contributed by atoms with E-state index in [1.165, 1.54) is 0 Å². The van der Waals surface area contributed by atoms with E-state index in [4.69, 9.17) is 5.73 Å². The van der Waals surface area contributed by atoms with Crippen LogP contribution in [0.2, 0.25) is 0 Å². The monoisotopic (exact) mass is 141 g/mol. The van der Waals surface area contributed by atoms with E-state index in [-0.39, 0.29) is 18.4 Å². The van der Waals surface area contributed by atoms with E-state index in [0.717, 1.165) is 6.54 Å². The van der Waals surface area contributed by atoms with Crippen molar-refractivity contribution in [3.05, 3.63) is 0 Å². The summed E-state index contributed by atoms with van der Waals surface area (Å²) < 4.78 is 0. The van der Waals surface area contributed by atoms with Crippen LogP contribution >= 0.6 is 0 Å². The predicted molar refractivity (Wildman–Crippen MR) is 39.2 cm³/mol. The van der Waals surface area contributed by atoms with Crippen molar-refractivity contribution in [3.8, 4) is 0 Å². The zero-order chi connectivity index (χ0) is 7.40. The van der Waals surface area contributed by atoms with Crippen LogP contribution in [0, 0.1) is 0 Å². The molecule has 0 saturated carbocycles. The number of carbonyl (C=O) groups excluding carboxylic acids is 1. The van der Waals surface area contributed by atoms with Crippen molar-refractivity contribution < 1.29 is 4.79 Å². The van der Waals surface area contributed by atoms with Gasteiger partial charge in [-0.3, -0.25) is 9.79 Å². The highest BCUT2D eigenvalue weighted by Gasteiger charge is 2.15. The molecule has 3 N–H and O–H groups in total. The minimum absolute atomic E-state index is 0.00319. The lowest BCUT2D eigenvalue weighted by molar-refractivity contribution is -0.118. The SMILES string of the molecule is NCC(=O)C1CNCC=N1. The lowest BCUT2D eigenvalue weighted by atomic mass is 10.2. The molecule has 0 fully saturated rings. The van der Waals surface area contributed by atoms with Crippen molar-refractivity contribution in [2.45, 2.75) is 6.04 Å². The Morgan fingerprint density at radius 2 is 2.70 bits per heavy atom. The number of rotatable bonds is 2. The van der Waals surface area contributed by atoms with Crippen LogP contribution in [0.3, 0.4) is 0 Å². The first-order chi connectivity index (χ1) is 4.84. The Labute approximate surface area is 59.5 Å². The third-order valence-corrected chi connectivity index (χ3v) is 1.43. The van der Waals surface area contributed by atoms with Crippen molar-refractivity contribution in [3.63, 3.8) is 0 Å². The van der Waals surface area contributed by atoms with Gasteiger partial charge in [0.15, 0.2) is 5.78 Å². The summed E-state index contributed by atoms with van der Waals surface area (Å²) in [5, 5.41) is 3.02. The van der Waals surface area contributed by atoms with Crippen LogP contribution in [0.1, 0.15) is 0 Å². The average Bonchev–Trinajstić information content (AvgIpc) is 2.05. The average molecular weight is 141 g/mol. The largest absolute Gasteiger partial charge is 0.324 e. The van der Waals surface area contributed by atoms with Crippen molar-refractivity contribution >= 4 is 12.0 Å². The second-order valence-electron chi connectivity index (χ2n) is 2.18. The Morgan fingerprint density at radius 3 is 3.20 bits per heavy atom. The summed E-state index contributed by atoms with van der Waals surface area (Å²) in [4.78, 5) is 14.9. The fraction of sp³-hybridized carbons (Fsp3) is 0.667. The van der Waals surface area contributed by atoms with Gasteiger partial charge in [-0.2, -0.15) is 0 Å². The first kappa shape index (κ1) is 7.37. The van der Waals surface area contributed by atoms with E-state index >= 15 is 0 Å². The fourth-order valence-corrected chi connectivity index (χ4v) is 0.850. The summed E-state index contributed by atoms with van der Waals surface area (Å²) in [6.07, 6.45) is 1.71. The van der Waals surface area contributed by atoms with Gasteiger partial charge in [0.1, 0.15) is 6.04 Å². The van der Waals surface area contributed by atoms with E-state index in [9.17, 15) is 4.79 Å². The second-order valence-corrected chi connectivity index (χ2v) is 2.18. The Balaban J connectivity index is 2.46. The molecule has 1 heterocycles. The number of aliphatic imine (C=N–C) groups is 1. The molecular weight excluding hydrogens is 130 g/mol. The van der Waals surface area contributed by atoms with E-state index < -0.39 is 0 Å². The molecule has 1 atom stereocenters. The van der Waals surface area contributed by atoms with Gasteiger partial charge in [0.05, 0.1) is 6.54 Å². The van der Waals surface area contributed by atoms with Gasteiger partial charge in [-0.25, -0.2) is 0 Å². The zero-order valence-electron chi connectivity index (χ0n) is 5.71. The van der Waals surface area contributed by atoms with Crippen molar-refractivity contribution in [2.24, 2.45) is 10.7 Å². The first-order valence-corrected chi connectivity index (χ1v) is 3.29. The summed E-state index contributed by atoms with van der Waals surface area (Å²) in [6, 6.07) is -0.237. The predicted octanol–water partition coefficient (Wildman–Crippen LogP) is -1.44. The van der Waals surface area contributed by atoms with E-state index in [2.05, 4.69) is 10.3 Å². The summed E-state index contributed by atoms with van der Waals surface area (Å²) in [5.74, 6) is 0.00319. The molecular formula is C6H11N3O. The smallest absolute Gasteiger partial charge is 0.172 e. The number of hydrogen-bond acceptors (Lipinski definition) is 4. The summed E-state index contributed by atoms with van der Waals surface area (Å²) in [6.45, 7) is 1.48. The summed E-state index contributed by atoms with van der Waals surface area (Å²) in [7, 11) is 0. The molecule has 0 aliphatic carbocycles. The van der Waals surface area contributed by atoms with Gasteiger partial charge < -0.3 is 11.1 Å². The third-order valence-electron chi connectivity index (χ3n) is 1.43. The molecule has 56 valence electrons. The maximum absolute atomic E-state index is 10.9. The highest BCUT2D eigenvalue weighted by molar-refractivity contribution is 5.87. The lowest BCUT2D eigenvalue weighted by Gasteiger charge is -2.14. The van der Waals surface area contributed by atoms with Crippen molar-refractivity contribution in [2.75, 3.05) is 19.6 Å². The number of nitrogens with one attached hydrogen (secondary N) is 1. The maximum Gasteiger partial charge on any atom is 0.172 e. The molecule has 1 unspecified atom stereocenters. The van der Waals surface area contributed by atoms with Crippen LogP contribution in [0.4, 0.5) is 0 Å². The second kappa shape index (κ2) is 3.43. The molecule has 1 aliphatic rings. The molecule has 10 heavy (non-hydrogen) atoms. The molecule has 0 amide bonds. The number of nitrogens with two attached hydrogens (primary N) is 1. The maximum atomic E-state index is 10.9.